The van der Waals surface area contributed by atoms with Gasteiger partial charge in [0.05, 0.1) is 12.1 Å². The molecule has 0 spiro atoms. The molecule has 4 rings (SSSR count). The molecule has 2 aliphatic heterocycles. The van der Waals surface area contributed by atoms with Gasteiger partial charge in [0.15, 0.2) is 0 Å². The summed E-state index contributed by atoms with van der Waals surface area (Å²) >= 11 is 0. The highest BCUT2D eigenvalue weighted by Gasteiger charge is 2.32. The highest BCUT2D eigenvalue weighted by atomic mass is 16.3. The number of aliphatic hydroxyl groups excluding tert-OH is 1. The first-order valence-electron chi connectivity index (χ1n) is 9.16. The van der Waals surface area contributed by atoms with Crippen molar-refractivity contribution in [1.29, 1.82) is 0 Å². The molecule has 8 heteroatoms. The predicted molar refractivity (Wildman–Crippen MR) is 104 cm³/mol. The van der Waals surface area contributed by atoms with E-state index < -0.39 is 6.10 Å². The molecule has 1 amide bonds. The second-order valence-corrected chi connectivity index (χ2v) is 7.22. The Labute approximate surface area is 158 Å². The fourth-order valence-corrected chi connectivity index (χ4v) is 3.91. The lowest BCUT2D eigenvalue weighted by atomic mass is 10.1. The number of carbonyl (C=O) groups is 1. The van der Waals surface area contributed by atoms with E-state index >= 15 is 0 Å². The van der Waals surface area contributed by atoms with E-state index in [-0.39, 0.29) is 11.9 Å². The number of β-amino-alcohol motifs (C(OH)–C–C–N with tert-alkyl or cyclic N) is 1. The van der Waals surface area contributed by atoms with Crippen molar-refractivity contribution in [3.8, 4) is 0 Å². The molecule has 4 N–H and O–H groups in total. The molecule has 0 radical (unpaired) electrons. The zero-order valence-corrected chi connectivity index (χ0v) is 15.3. The lowest BCUT2D eigenvalue weighted by Crippen LogP contribution is -2.40. The average molecular weight is 368 g/mol. The predicted octanol–water partition coefficient (Wildman–Crippen LogP) is 0.421. The van der Waals surface area contributed by atoms with Crippen LogP contribution in [0, 0.1) is 0 Å². The molecule has 1 fully saturated rings. The van der Waals surface area contributed by atoms with Gasteiger partial charge in [-0.05, 0) is 36.6 Å². The third kappa shape index (κ3) is 3.52. The molecular weight excluding hydrogens is 344 g/mol. The number of likely N-dealkylation sites (N-methyl/N-ethyl adjacent to an activating group) is 1. The van der Waals surface area contributed by atoms with E-state index in [0.717, 1.165) is 13.0 Å². The van der Waals surface area contributed by atoms with Gasteiger partial charge >= 0.3 is 0 Å². The number of aromatic nitrogens is 2. The molecule has 2 aliphatic rings. The summed E-state index contributed by atoms with van der Waals surface area (Å²) in [7, 11) is 2.06. The molecule has 1 saturated heterocycles. The van der Waals surface area contributed by atoms with E-state index in [2.05, 4.69) is 27.2 Å². The number of nitrogens with two attached hydrogens (primary N) is 1. The van der Waals surface area contributed by atoms with Crippen LogP contribution in [0.2, 0.25) is 0 Å². The van der Waals surface area contributed by atoms with Gasteiger partial charge in [-0.25, -0.2) is 9.97 Å². The van der Waals surface area contributed by atoms with Crippen LogP contribution in [-0.4, -0.2) is 59.8 Å². The summed E-state index contributed by atoms with van der Waals surface area (Å²) in [5.74, 6) is 0.946. The molecule has 3 heterocycles. The SMILES string of the molecule is CN1CCc2cc(C(=O)NC[C@H]3C[C@@H](O)CN3c3cc(N)ncn3)ccc21. The van der Waals surface area contributed by atoms with E-state index in [1.54, 1.807) is 6.07 Å². The highest BCUT2D eigenvalue weighted by Crippen LogP contribution is 2.28. The van der Waals surface area contributed by atoms with Crippen LogP contribution in [0.25, 0.3) is 0 Å². The lowest BCUT2D eigenvalue weighted by molar-refractivity contribution is 0.0950. The third-order valence-electron chi connectivity index (χ3n) is 5.33. The summed E-state index contributed by atoms with van der Waals surface area (Å²) in [6.45, 7) is 1.87. The summed E-state index contributed by atoms with van der Waals surface area (Å²) in [5.41, 5.74) is 8.81. The topological polar surface area (TPSA) is 108 Å². The molecule has 142 valence electrons. The number of hydrogen-bond acceptors (Lipinski definition) is 7. The molecule has 2 atom stereocenters. The van der Waals surface area contributed by atoms with E-state index in [9.17, 15) is 9.90 Å². The van der Waals surface area contributed by atoms with Crippen molar-refractivity contribution in [3.63, 3.8) is 0 Å². The summed E-state index contributed by atoms with van der Waals surface area (Å²) < 4.78 is 0. The van der Waals surface area contributed by atoms with E-state index in [0.29, 0.717) is 36.7 Å². The van der Waals surface area contributed by atoms with Crippen LogP contribution in [0.3, 0.4) is 0 Å². The summed E-state index contributed by atoms with van der Waals surface area (Å²) in [5, 5.41) is 13.1. The Morgan fingerprint density at radius 1 is 1.37 bits per heavy atom. The summed E-state index contributed by atoms with van der Waals surface area (Å²) in [6.07, 6.45) is 2.48. The zero-order chi connectivity index (χ0) is 19.0. The van der Waals surface area contributed by atoms with E-state index in [1.807, 2.05) is 23.1 Å². The second kappa shape index (κ2) is 7.03. The minimum absolute atomic E-state index is 0.0428. The molecular formula is C19H24N6O2. The van der Waals surface area contributed by atoms with Crippen molar-refractivity contribution in [2.24, 2.45) is 0 Å². The number of nitrogens with zero attached hydrogens (tertiary/aromatic N) is 4. The first-order chi connectivity index (χ1) is 13.0. The number of nitrogens with one attached hydrogen (secondary N) is 1. The number of benzene rings is 1. The van der Waals surface area contributed by atoms with Crippen LogP contribution in [0.5, 0.6) is 0 Å². The third-order valence-corrected chi connectivity index (χ3v) is 5.33. The van der Waals surface area contributed by atoms with E-state index in [1.165, 1.54) is 17.6 Å². The minimum Gasteiger partial charge on any atom is -0.391 e. The van der Waals surface area contributed by atoms with Crippen LogP contribution in [0.15, 0.2) is 30.6 Å². The van der Waals surface area contributed by atoms with Crippen LogP contribution < -0.4 is 20.9 Å². The standard InChI is InChI=1S/C19H24N6O2/c1-24-5-4-12-6-13(2-3-16(12)24)19(27)21-9-14-7-15(26)10-25(14)18-8-17(20)22-11-23-18/h2-3,6,8,11,14-15,26H,4-5,7,9-10H2,1H3,(H,21,27)(H2,20,22,23)/t14-,15-/m1/s1. The summed E-state index contributed by atoms with van der Waals surface area (Å²) in [4.78, 5) is 24.9. The molecule has 0 saturated carbocycles. The molecule has 2 aromatic rings. The number of fused-ring (bicyclic) bond motifs is 1. The van der Waals surface area contributed by atoms with E-state index in [4.69, 9.17) is 5.73 Å². The Morgan fingerprint density at radius 2 is 2.22 bits per heavy atom. The Balaban J connectivity index is 1.43. The fraction of sp³-hybridized carbons (Fsp3) is 0.421. The first-order valence-corrected chi connectivity index (χ1v) is 9.16. The van der Waals surface area contributed by atoms with Crippen LogP contribution in [0.4, 0.5) is 17.3 Å². The molecule has 1 aromatic heterocycles. The summed E-state index contributed by atoms with van der Waals surface area (Å²) in [6, 6.07) is 7.48. The van der Waals surface area contributed by atoms with Crippen LogP contribution >= 0.6 is 0 Å². The number of aliphatic hydroxyl groups is 1. The smallest absolute Gasteiger partial charge is 0.251 e. The monoisotopic (exact) mass is 368 g/mol. The number of carbonyl (C=O) groups excluding carboxylic acids is 1. The number of hydrogen-bond donors (Lipinski definition) is 3. The van der Waals surface area contributed by atoms with Gasteiger partial charge in [0, 0.05) is 44.0 Å². The second-order valence-electron chi connectivity index (χ2n) is 7.22. The molecule has 1 aromatic carbocycles. The first kappa shape index (κ1) is 17.5. The van der Waals surface area contributed by atoms with Gasteiger partial charge in [-0.15, -0.1) is 0 Å². The van der Waals surface area contributed by atoms with Crippen LogP contribution in [0.1, 0.15) is 22.3 Å². The molecule has 27 heavy (non-hydrogen) atoms. The molecule has 0 unspecified atom stereocenters. The fourth-order valence-electron chi connectivity index (χ4n) is 3.91. The van der Waals surface area contributed by atoms with Crippen LogP contribution in [-0.2, 0) is 6.42 Å². The van der Waals surface area contributed by atoms with Crippen molar-refractivity contribution in [2.75, 3.05) is 42.2 Å². The van der Waals surface area contributed by atoms with Crippen molar-refractivity contribution < 1.29 is 9.90 Å². The Hall–Kier alpha value is -2.87. The number of rotatable bonds is 4. The van der Waals surface area contributed by atoms with Gasteiger partial charge in [0.25, 0.3) is 5.91 Å². The van der Waals surface area contributed by atoms with Gasteiger partial charge in [-0.2, -0.15) is 0 Å². The maximum Gasteiger partial charge on any atom is 0.251 e. The van der Waals surface area contributed by atoms with Gasteiger partial charge in [0.1, 0.15) is 18.0 Å². The van der Waals surface area contributed by atoms with Gasteiger partial charge < -0.3 is 26.0 Å². The molecule has 0 aliphatic carbocycles. The van der Waals surface area contributed by atoms with Gasteiger partial charge in [0.2, 0.25) is 0 Å². The van der Waals surface area contributed by atoms with Crippen molar-refractivity contribution >= 4 is 23.2 Å². The average Bonchev–Trinajstić information content (AvgIpc) is 3.22. The quantitative estimate of drug-likeness (QED) is 0.718. The van der Waals surface area contributed by atoms with Gasteiger partial charge in [-0.3, -0.25) is 4.79 Å². The Kier molecular flexibility index (Phi) is 4.57. The maximum absolute atomic E-state index is 12.6. The number of anilines is 3. The van der Waals surface area contributed by atoms with Crippen molar-refractivity contribution in [1.82, 2.24) is 15.3 Å². The number of nitrogen functional groups attached to an aromatic ring is 1. The van der Waals surface area contributed by atoms with Gasteiger partial charge in [-0.1, -0.05) is 0 Å². The van der Waals surface area contributed by atoms with Crippen molar-refractivity contribution in [3.05, 3.63) is 41.7 Å². The zero-order valence-electron chi connectivity index (χ0n) is 15.3. The van der Waals surface area contributed by atoms with Crippen molar-refractivity contribution in [2.45, 2.75) is 25.0 Å². The lowest BCUT2D eigenvalue weighted by Gasteiger charge is -2.25. The largest absolute Gasteiger partial charge is 0.391 e. The molecule has 0 bridgehead atoms. The Bertz CT molecular complexity index is 858. The normalized spacial score (nSPS) is 21.4. The maximum atomic E-state index is 12.6. The highest BCUT2D eigenvalue weighted by molar-refractivity contribution is 5.95. The minimum atomic E-state index is -0.460. The molecule has 8 nitrogen and oxygen atoms in total. The Morgan fingerprint density at radius 3 is 3.04 bits per heavy atom. The number of amides is 1.